The van der Waals surface area contributed by atoms with E-state index in [-0.39, 0.29) is 31.5 Å². The minimum absolute atomic E-state index is 0.0628. The molecular formula is C12H17F3N2O. The van der Waals surface area contributed by atoms with Gasteiger partial charge in [0.05, 0.1) is 6.04 Å². The highest BCUT2D eigenvalue weighted by Crippen LogP contribution is 2.30. The molecule has 0 saturated carbocycles. The fraction of sp³-hybridized carbons (Fsp3) is 0.750. The zero-order valence-corrected chi connectivity index (χ0v) is 10.1. The molecule has 6 heteroatoms. The molecule has 0 aliphatic carbocycles. The minimum atomic E-state index is -4.25. The largest absolute Gasteiger partial charge is 0.412 e. The molecule has 0 spiro atoms. The summed E-state index contributed by atoms with van der Waals surface area (Å²) in [6, 6.07) is -0.209. The first-order chi connectivity index (χ1) is 8.48. The highest BCUT2D eigenvalue weighted by molar-refractivity contribution is 5.82. The van der Waals surface area contributed by atoms with Crippen LogP contribution in [0.25, 0.3) is 0 Å². The number of carbonyl (C=O) groups excluding carboxylic acids is 1. The maximum Gasteiger partial charge on any atom is 0.412 e. The van der Waals surface area contributed by atoms with Crippen LogP contribution in [0.2, 0.25) is 0 Å². The lowest BCUT2D eigenvalue weighted by atomic mass is 10.0. The molecule has 0 aromatic rings. The Morgan fingerprint density at radius 1 is 1.39 bits per heavy atom. The second-order valence-corrected chi connectivity index (χ2v) is 4.76. The molecule has 2 heterocycles. The smallest absolute Gasteiger partial charge is 0.337 e. The van der Waals surface area contributed by atoms with Crippen LogP contribution in [0.3, 0.4) is 0 Å². The average molecular weight is 262 g/mol. The SMILES string of the molecule is O=C([C@H]1CCCCN1)N1CC=C(C(F)(F)F)CC1. The Morgan fingerprint density at radius 2 is 2.17 bits per heavy atom. The first-order valence-electron chi connectivity index (χ1n) is 6.27. The molecule has 0 unspecified atom stereocenters. The number of halogens is 3. The third kappa shape index (κ3) is 3.04. The maximum atomic E-state index is 12.4. The molecule has 1 atom stereocenters. The minimum Gasteiger partial charge on any atom is -0.337 e. The van der Waals surface area contributed by atoms with Gasteiger partial charge in [0, 0.05) is 18.7 Å². The fourth-order valence-corrected chi connectivity index (χ4v) is 2.41. The molecule has 3 nitrogen and oxygen atoms in total. The molecule has 2 aliphatic heterocycles. The number of nitrogens with zero attached hydrogens (tertiary/aromatic N) is 1. The molecule has 0 aromatic heterocycles. The van der Waals surface area contributed by atoms with E-state index in [0.717, 1.165) is 31.9 Å². The van der Waals surface area contributed by atoms with Gasteiger partial charge >= 0.3 is 6.18 Å². The van der Waals surface area contributed by atoms with Gasteiger partial charge in [0.2, 0.25) is 5.91 Å². The highest BCUT2D eigenvalue weighted by atomic mass is 19.4. The van der Waals surface area contributed by atoms with Gasteiger partial charge in [-0.1, -0.05) is 12.5 Å². The van der Waals surface area contributed by atoms with Crippen molar-refractivity contribution in [2.45, 2.75) is 37.9 Å². The second-order valence-electron chi connectivity index (χ2n) is 4.76. The van der Waals surface area contributed by atoms with Crippen LogP contribution >= 0.6 is 0 Å². The van der Waals surface area contributed by atoms with Crippen molar-refractivity contribution in [2.24, 2.45) is 0 Å². The zero-order valence-electron chi connectivity index (χ0n) is 10.1. The lowest BCUT2D eigenvalue weighted by molar-refractivity contribution is -0.134. The van der Waals surface area contributed by atoms with E-state index in [9.17, 15) is 18.0 Å². The van der Waals surface area contributed by atoms with E-state index in [1.807, 2.05) is 0 Å². The summed E-state index contributed by atoms with van der Waals surface area (Å²) in [5, 5.41) is 3.12. The van der Waals surface area contributed by atoms with Crippen LogP contribution in [0.1, 0.15) is 25.7 Å². The van der Waals surface area contributed by atoms with Gasteiger partial charge in [-0.25, -0.2) is 0 Å². The van der Waals surface area contributed by atoms with Crippen molar-refractivity contribution in [3.05, 3.63) is 11.6 Å². The van der Waals surface area contributed by atoms with Gasteiger partial charge in [-0.3, -0.25) is 4.79 Å². The predicted molar refractivity (Wildman–Crippen MR) is 61.0 cm³/mol. The first kappa shape index (κ1) is 13.4. The van der Waals surface area contributed by atoms with Crippen LogP contribution < -0.4 is 5.32 Å². The Labute approximate surface area is 104 Å². The summed E-state index contributed by atoms with van der Waals surface area (Å²) in [6.45, 7) is 1.06. The molecule has 18 heavy (non-hydrogen) atoms. The summed E-state index contributed by atoms with van der Waals surface area (Å²) < 4.78 is 37.3. The number of hydrogen-bond acceptors (Lipinski definition) is 2. The van der Waals surface area contributed by atoms with Crippen molar-refractivity contribution in [2.75, 3.05) is 19.6 Å². The lowest BCUT2D eigenvalue weighted by Crippen LogP contribution is -2.50. The van der Waals surface area contributed by atoms with E-state index in [1.165, 1.54) is 4.90 Å². The number of alkyl halides is 3. The van der Waals surface area contributed by atoms with E-state index >= 15 is 0 Å². The molecule has 0 aromatic carbocycles. The molecule has 102 valence electrons. The van der Waals surface area contributed by atoms with E-state index in [2.05, 4.69) is 5.32 Å². The van der Waals surface area contributed by atoms with Gasteiger partial charge in [-0.05, 0) is 25.8 Å². The van der Waals surface area contributed by atoms with Gasteiger partial charge in [-0.15, -0.1) is 0 Å². The number of rotatable bonds is 1. The molecule has 1 N–H and O–H groups in total. The molecule has 1 saturated heterocycles. The summed E-state index contributed by atoms with van der Waals surface area (Å²) in [5.41, 5.74) is -0.511. The summed E-state index contributed by atoms with van der Waals surface area (Å²) in [5.74, 6) is -0.0628. The molecule has 0 bridgehead atoms. The van der Waals surface area contributed by atoms with Crippen molar-refractivity contribution in [3.8, 4) is 0 Å². The molecule has 1 amide bonds. The van der Waals surface area contributed by atoms with Crippen LogP contribution in [-0.2, 0) is 4.79 Å². The topological polar surface area (TPSA) is 32.3 Å². The summed E-state index contributed by atoms with van der Waals surface area (Å²) in [4.78, 5) is 13.6. The number of hydrogen-bond donors (Lipinski definition) is 1. The van der Waals surface area contributed by atoms with Crippen LogP contribution in [0.4, 0.5) is 13.2 Å². The maximum absolute atomic E-state index is 12.4. The van der Waals surface area contributed by atoms with Crippen molar-refractivity contribution in [3.63, 3.8) is 0 Å². The monoisotopic (exact) mass is 262 g/mol. The van der Waals surface area contributed by atoms with Crippen LogP contribution in [0.5, 0.6) is 0 Å². The molecule has 2 aliphatic rings. The highest BCUT2D eigenvalue weighted by Gasteiger charge is 2.36. The van der Waals surface area contributed by atoms with E-state index < -0.39 is 11.7 Å². The Bertz CT molecular complexity index is 346. The molecule has 2 rings (SSSR count). The molecular weight excluding hydrogens is 245 g/mol. The Kier molecular flexibility index (Phi) is 3.94. The standard InChI is InChI=1S/C12H17F3N2O/c13-12(14,15)9-4-7-17(8-5-9)11(18)10-3-1-2-6-16-10/h4,10,16H,1-3,5-8H2/t10-/m1/s1. The second kappa shape index (κ2) is 5.30. The summed E-state index contributed by atoms with van der Waals surface area (Å²) >= 11 is 0. The van der Waals surface area contributed by atoms with Crippen molar-refractivity contribution >= 4 is 5.91 Å². The Morgan fingerprint density at radius 3 is 2.67 bits per heavy atom. The summed E-state index contributed by atoms with van der Waals surface area (Å²) in [6.07, 6.45) is -0.377. The number of amides is 1. The quantitative estimate of drug-likeness (QED) is 0.731. The number of piperidine rings is 1. The van der Waals surface area contributed by atoms with Crippen molar-refractivity contribution in [1.82, 2.24) is 10.2 Å². The molecule has 0 radical (unpaired) electrons. The van der Waals surface area contributed by atoms with E-state index in [0.29, 0.717) is 0 Å². The average Bonchev–Trinajstić information content (AvgIpc) is 2.38. The third-order valence-corrected chi connectivity index (χ3v) is 3.49. The predicted octanol–water partition coefficient (Wildman–Crippen LogP) is 1.85. The zero-order chi connectivity index (χ0) is 13.2. The van der Waals surface area contributed by atoms with E-state index in [4.69, 9.17) is 0 Å². The van der Waals surface area contributed by atoms with Crippen molar-refractivity contribution in [1.29, 1.82) is 0 Å². The van der Waals surface area contributed by atoms with Gasteiger partial charge in [-0.2, -0.15) is 13.2 Å². The molecule has 1 fully saturated rings. The number of carbonyl (C=O) groups is 1. The van der Waals surface area contributed by atoms with Gasteiger partial charge in [0.25, 0.3) is 0 Å². The van der Waals surface area contributed by atoms with E-state index in [1.54, 1.807) is 0 Å². The third-order valence-electron chi connectivity index (χ3n) is 3.49. The van der Waals surface area contributed by atoms with Gasteiger partial charge in [0.1, 0.15) is 0 Å². The first-order valence-corrected chi connectivity index (χ1v) is 6.27. The van der Waals surface area contributed by atoms with Crippen LogP contribution in [0.15, 0.2) is 11.6 Å². The van der Waals surface area contributed by atoms with Crippen LogP contribution in [-0.4, -0.2) is 42.7 Å². The Balaban J connectivity index is 1.92. The number of nitrogens with one attached hydrogen (secondary N) is 1. The lowest BCUT2D eigenvalue weighted by Gasteiger charge is -2.32. The Hall–Kier alpha value is -1.04. The van der Waals surface area contributed by atoms with Gasteiger partial charge < -0.3 is 10.2 Å². The van der Waals surface area contributed by atoms with Crippen LogP contribution in [0, 0.1) is 0 Å². The van der Waals surface area contributed by atoms with Crippen molar-refractivity contribution < 1.29 is 18.0 Å². The summed E-state index contributed by atoms with van der Waals surface area (Å²) in [7, 11) is 0. The van der Waals surface area contributed by atoms with Gasteiger partial charge in [0.15, 0.2) is 0 Å². The fourth-order valence-electron chi connectivity index (χ4n) is 2.41. The normalized spacial score (nSPS) is 25.8.